The zero-order valence-corrected chi connectivity index (χ0v) is 13.6. The zero-order chi connectivity index (χ0) is 12.9. The van der Waals surface area contributed by atoms with Crippen LogP contribution in [-0.4, -0.2) is 4.98 Å². The van der Waals surface area contributed by atoms with Gasteiger partial charge in [0.05, 0.1) is 5.69 Å². The number of halogens is 1. The number of nitrogens with zero attached hydrogens (tertiary/aromatic N) is 1. The van der Waals surface area contributed by atoms with Crippen LogP contribution in [0.5, 0.6) is 0 Å². The molecule has 18 heavy (non-hydrogen) atoms. The summed E-state index contributed by atoms with van der Waals surface area (Å²) < 4.78 is 1.13. The van der Waals surface area contributed by atoms with E-state index in [1.165, 1.54) is 16.1 Å². The molecule has 0 aromatic carbocycles. The highest BCUT2D eigenvalue weighted by atomic mass is 79.9. The van der Waals surface area contributed by atoms with Crippen molar-refractivity contribution in [1.82, 2.24) is 4.98 Å². The molecule has 0 radical (unpaired) electrons. The lowest BCUT2D eigenvalue weighted by molar-refractivity contribution is 0.282. The lowest BCUT2D eigenvalue weighted by Gasteiger charge is -2.32. The monoisotopic (exact) mass is 342 g/mol. The van der Waals surface area contributed by atoms with Crippen LogP contribution in [0.1, 0.15) is 36.9 Å². The fourth-order valence-corrected chi connectivity index (χ4v) is 5.33. The largest absolute Gasteiger partial charge is 0.323 e. The molecule has 0 fully saturated rings. The number of rotatable bonds is 1. The first-order valence-corrected chi connectivity index (χ1v) is 8.49. The number of hydrogen-bond donors (Lipinski definition) is 1. The summed E-state index contributed by atoms with van der Waals surface area (Å²) in [6.07, 6.45) is 2.08. The van der Waals surface area contributed by atoms with E-state index in [2.05, 4.69) is 40.5 Å². The van der Waals surface area contributed by atoms with Crippen molar-refractivity contribution >= 4 is 38.6 Å². The van der Waals surface area contributed by atoms with Gasteiger partial charge in [0, 0.05) is 31.7 Å². The molecule has 0 aliphatic heterocycles. The van der Waals surface area contributed by atoms with Gasteiger partial charge in [-0.15, -0.1) is 11.3 Å². The molecule has 2 N–H and O–H groups in total. The van der Waals surface area contributed by atoms with Crippen molar-refractivity contribution in [3.63, 3.8) is 0 Å². The van der Waals surface area contributed by atoms with E-state index in [1.807, 2.05) is 0 Å². The van der Waals surface area contributed by atoms with Gasteiger partial charge in [0.25, 0.3) is 0 Å². The maximum absolute atomic E-state index is 6.29. The average Bonchev–Trinajstić information content (AvgIpc) is 2.82. The van der Waals surface area contributed by atoms with E-state index in [-0.39, 0.29) is 11.5 Å². The Hall–Kier alpha value is -0.230. The third kappa shape index (κ3) is 2.18. The molecule has 1 aliphatic rings. The van der Waals surface area contributed by atoms with Gasteiger partial charge in [-0.2, -0.15) is 11.3 Å². The van der Waals surface area contributed by atoms with Crippen LogP contribution in [0.3, 0.4) is 0 Å². The van der Waals surface area contributed by atoms with Gasteiger partial charge in [-0.3, -0.25) is 0 Å². The molecule has 2 nitrogen and oxygen atoms in total. The van der Waals surface area contributed by atoms with Gasteiger partial charge in [0.1, 0.15) is 5.01 Å². The lowest BCUT2D eigenvalue weighted by Crippen LogP contribution is -2.28. The van der Waals surface area contributed by atoms with Crippen molar-refractivity contribution in [3.8, 4) is 10.6 Å². The highest BCUT2D eigenvalue weighted by Gasteiger charge is 2.33. The fraction of sp³-hybridized carbons (Fsp3) is 0.462. The smallest absolute Gasteiger partial charge is 0.125 e. The van der Waals surface area contributed by atoms with Gasteiger partial charge in [0.15, 0.2) is 0 Å². The number of aromatic nitrogens is 1. The first-order valence-electron chi connectivity index (χ1n) is 5.93. The van der Waals surface area contributed by atoms with Crippen molar-refractivity contribution in [3.05, 3.63) is 25.8 Å². The molecule has 96 valence electrons. The number of nitrogens with two attached hydrogens (primary N) is 1. The van der Waals surface area contributed by atoms with Crippen molar-refractivity contribution in [2.24, 2.45) is 11.1 Å². The van der Waals surface area contributed by atoms with Crippen LogP contribution >= 0.6 is 38.6 Å². The molecular formula is C13H15BrN2S2. The highest BCUT2D eigenvalue weighted by Crippen LogP contribution is 2.45. The van der Waals surface area contributed by atoms with E-state index in [9.17, 15) is 0 Å². The maximum Gasteiger partial charge on any atom is 0.125 e. The molecule has 1 atom stereocenters. The van der Waals surface area contributed by atoms with Gasteiger partial charge in [-0.1, -0.05) is 13.8 Å². The quantitative estimate of drug-likeness (QED) is 0.821. The van der Waals surface area contributed by atoms with Crippen LogP contribution in [0, 0.1) is 5.41 Å². The molecule has 0 spiro atoms. The van der Waals surface area contributed by atoms with Gasteiger partial charge in [-0.05, 0) is 34.2 Å². The first kappa shape index (κ1) is 12.8. The minimum atomic E-state index is 0.146. The predicted molar refractivity (Wildman–Crippen MR) is 82.2 cm³/mol. The summed E-state index contributed by atoms with van der Waals surface area (Å²) in [6.45, 7) is 4.55. The third-order valence-corrected chi connectivity index (χ3v) is 6.29. The molecule has 5 heteroatoms. The van der Waals surface area contributed by atoms with Gasteiger partial charge in [0.2, 0.25) is 0 Å². The van der Waals surface area contributed by atoms with Crippen LogP contribution in [0.4, 0.5) is 0 Å². The first-order chi connectivity index (χ1) is 8.46. The Morgan fingerprint density at radius 1 is 1.44 bits per heavy atom. The Bertz CT molecular complexity index is 586. The molecule has 2 heterocycles. The Kier molecular flexibility index (Phi) is 3.13. The van der Waals surface area contributed by atoms with Crippen molar-refractivity contribution < 1.29 is 0 Å². The molecule has 2 aromatic rings. The molecule has 0 saturated carbocycles. The summed E-state index contributed by atoms with van der Waals surface area (Å²) in [6, 6.07) is 0.146. The SMILES string of the molecule is CC1(C)Cc2nc(-c3cscc3Br)sc2C(N)C1. The third-order valence-electron chi connectivity index (χ3n) is 3.33. The van der Waals surface area contributed by atoms with Crippen LogP contribution in [0.15, 0.2) is 15.2 Å². The molecule has 2 aromatic heterocycles. The van der Waals surface area contributed by atoms with E-state index < -0.39 is 0 Å². The molecular weight excluding hydrogens is 328 g/mol. The molecule has 0 bridgehead atoms. The summed E-state index contributed by atoms with van der Waals surface area (Å²) in [7, 11) is 0. The Morgan fingerprint density at radius 3 is 2.89 bits per heavy atom. The predicted octanol–water partition coefficient (Wildman–Crippen LogP) is 4.61. The summed E-state index contributed by atoms with van der Waals surface area (Å²) in [5.74, 6) is 0. The minimum absolute atomic E-state index is 0.146. The number of thiophene rings is 1. The lowest BCUT2D eigenvalue weighted by atomic mass is 9.77. The zero-order valence-electron chi connectivity index (χ0n) is 10.4. The summed E-state index contributed by atoms with van der Waals surface area (Å²) in [5, 5.41) is 5.34. The van der Waals surface area contributed by atoms with Crippen molar-refractivity contribution in [2.75, 3.05) is 0 Å². The van der Waals surface area contributed by atoms with E-state index in [0.717, 1.165) is 22.3 Å². The second-order valence-corrected chi connectivity index (χ2v) is 8.24. The number of fused-ring (bicyclic) bond motifs is 1. The number of thiazole rings is 1. The molecule has 0 amide bonds. The van der Waals surface area contributed by atoms with Gasteiger partial charge in [-0.25, -0.2) is 4.98 Å². The maximum atomic E-state index is 6.29. The van der Waals surface area contributed by atoms with E-state index in [4.69, 9.17) is 10.7 Å². The molecule has 3 rings (SSSR count). The Morgan fingerprint density at radius 2 is 2.22 bits per heavy atom. The van der Waals surface area contributed by atoms with E-state index in [1.54, 1.807) is 22.7 Å². The van der Waals surface area contributed by atoms with Crippen LogP contribution in [0.25, 0.3) is 10.6 Å². The summed E-state index contributed by atoms with van der Waals surface area (Å²) in [5.41, 5.74) is 8.96. The van der Waals surface area contributed by atoms with Crippen LogP contribution in [-0.2, 0) is 6.42 Å². The number of hydrogen-bond acceptors (Lipinski definition) is 4. The van der Waals surface area contributed by atoms with E-state index >= 15 is 0 Å². The standard InChI is InChI=1S/C13H15BrN2S2/c1-13(2)3-9(15)11-10(4-13)16-12(18-11)7-5-17-6-8(7)14/h5-6,9H,3-4,15H2,1-2H3. The normalized spacial score (nSPS) is 21.9. The Balaban J connectivity index is 2.06. The van der Waals surface area contributed by atoms with Gasteiger partial charge >= 0.3 is 0 Å². The van der Waals surface area contributed by atoms with Crippen molar-refractivity contribution in [1.29, 1.82) is 0 Å². The van der Waals surface area contributed by atoms with Crippen LogP contribution in [0.2, 0.25) is 0 Å². The summed E-state index contributed by atoms with van der Waals surface area (Å²) >= 11 is 7.03. The van der Waals surface area contributed by atoms with Crippen LogP contribution < -0.4 is 5.73 Å². The molecule has 1 aliphatic carbocycles. The fourth-order valence-electron chi connectivity index (χ4n) is 2.54. The van der Waals surface area contributed by atoms with Gasteiger partial charge < -0.3 is 5.73 Å². The van der Waals surface area contributed by atoms with Crippen molar-refractivity contribution in [2.45, 2.75) is 32.7 Å². The summed E-state index contributed by atoms with van der Waals surface area (Å²) in [4.78, 5) is 6.10. The Labute approximate surface area is 123 Å². The van der Waals surface area contributed by atoms with E-state index in [0.29, 0.717) is 0 Å². The second-order valence-electron chi connectivity index (χ2n) is 5.61. The topological polar surface area (TPSA) is 38.9 Å². The highest BCUT2D eigenvalue weighted by molar-refractivity contribution is 9.10. The average molecular weight is 343 g/mol. The minimum Gasteiger partial charge on any atom is -0.323 e. The second kappa shape index (κ2) is 4.40. The molecule has 1 unspecified atom stereocenters. The molecule has 0 saturated heterocycles.